The summed E-state index contributed by atoms with van der Waals surface area (Å²) in [5, 5.41) is 3.25. The minimum Gasteiger partial charge on any atom is -0.458 e. The van der Waals surface area contributed by atoms with Crippen molar-refractivity contribution < 1.29 is 4.74 Å². The molecule has 0 spiro atoms. The monoisotopic (exact) mass is 458 g/mol. The first-order valence-electron chi connectivity index (χ1n) is 8.89. The zero-order valence-electron chi connectivity index (χ0n) is 15.6. The summed E-state index contributed by atoms with van der Waals surface area (Å²) in [5.74, 6) is 2.20. The molecule has 0 saturated carbocycles. The van der Waals surface area contributed by atoms with E-state index in [2.05, 4.69) is 41.0 Å². The van der Waals surface area contributed by atoms with Crippen molar-refractivity contribution in [2.24, 2.45) is 0 Å². The van der Waals surface area contributed by atoms with E-state index in [1.54, 1.807) is 18.3 Å². The normalized spacial score (nSPS) is 10.3. The van der Waals surface area contributed by atoms with E-state index in [1.807, 2.05) is 54.6 Å². The van der Waals surface area contributed by atoms with Crippen LogP contribution in [-0.2, 0) is 0 Å². The third-order valence-electron chi connectivity index (χ3n) is 4.10. The van der Waals surface area contributed by atoms with E-state index in [9.17, 15) is 0 Å². The van der Waals surface area contributed by atoms with Crippen molar-refractivity contribution in [1.29, 1.82) is 0 Å². The Morgan fingerprint density at radius 2 is 1.73 bits per heavy atom. The summed E-state index contributed by atoms with van der Waals surface area (Å²) in [6, 6.07) is 20.4. The van der Waals surface area contributed by atoms with Crippen LogP contribution in [0.4, 0.5) is 23.3 Å². The number of halogens is 1. The Kier molecular flexibility index (Phi) is 5.54. The van der Waals surface area contributed by atoms with E-state index in [0.717, 1.165) is 11.3 Å². The van der Waals surface area contributed by atoms with Crippen LogP contribution in [0.25, 0.3) is 16.1 Å². The number of nitrogen functional groups attached to an aromatic ring is 1. The van der Waals surface area contributed by atoms with Gasteiger partial charge in [-0.3, -0.25) is 0 Å². The smallest absolute Gasteiger partial charge is 0.273 e. The van der Waals surface area contributed by atoms with E-state index >= 15 is 0 Å². The number of nitrogens with one attached hydrogen (secondary N) is 1. The zero-order valence-corrected chi connectivity index (χ0v) is 17.2. The molecule has 2 heterocycles. The fourth-order valence-electron chi connectivity index (χ4n) is 2.74. The number of aromatic nitrogens is 3. The van der Waals surface area contributed by atoms with Gasteiger partial charge >= 0.3 is 0 Å². The molecule has 0 aliphatic carbocycles. The number of benzene rings is 2. The van der Waals surface area contributed by atoms with Gasteiger partial charge in [-0.2, -0.15) is 4.98 Å². The number of pyridine rings is 1. The highest BCUT2D eigenvalue weighted by Gasteiger charge is 2.13. The summed E-state index contributed by atoms with van der Waals surface area (Å²) >= 11 is 3.58. The lowest BCUT2D eigenvalue weighted by atomic mass is 10.1. The van der Waals surface area contributed by atoms with Crippen molar-refractivity contribution in [3.63, 3.8) is 0 Å². The highest BCUT2D eigenvalue weighted by molar-refractivity contribution is 9.10. The van der Waals surface area contributed by atoms with Crippen LogP contribution < -0.4 is 15.8 Å². The van der Waals surface area contributed by atoms with Crippen LogP contribution in [0.5, 0.6) is 11.5 Å². The van der Waals surface area contributed by atoms with Gasteiger partial charge in [0.15, 0.2) is 5.82 Å². The summed E-state index contributed by atoms with van der Waals surface area (Å²) < 4.78 is 6.49. The maximum atomic E-state index is 7.03. The first-order valence-corrected chi connectivity index (χ1v) is 9.68. The quantitative estimate of drug-likeness (QED) is 0.358. The second kappa shape index (κ2) is 8.59. The van der Waals surface area contributed by atoms with Crippen LogP contribution in [0.2, 0.25) is 0 Å². The molecule has 0 bridgehead atoms. The van der Waals surface area contributed by atoms with Gasteiger partial charge in [0.05, 0.1) is 10.2 Å². The second-order valence-corrected chi connectivity index (χ2v) is 6.97. The fraction of sp³-hybridized carbons (Fsp3) is 0. The molecule has 0 aliphatic rings. The Morgan fingerprint density at radius 3 is 2.47 bits per heavy atom. The Labute approximate surface area is 181 Å². The number of rotatable bonds is 5. The molecule has 7 nitrogen and oxygen atoms in total. The first-order chi connectivity index (χ1) is 14.6. The van der Waals surface area contributed by atoms with Gasteiger partial charge in [-0.15, -0.1) is 4.98 Å². The molecule has 0 atom stereocenters. The molecule has 0 saturated heterocycles. The van der Waals surface area contributed by atoms with E-state index in [0.29, 0.717) is 27.5 Å². The Balaban J connectivity index is 1.55. The first kappa shape index (κ1) is 19.4. The molecule has 0 unspecified atom stereocenters. The average Bonchev–Trinajstić information content (AvgIpc) is 2.78. The molecular weight excluding hydrogens is 444 g/mol. The topological polar surface area (TPSA) is 90.3 Å². The van der Waals surface area contributed by atoms with E-state index in [4.69, 9.17) is 17.0 Å². The highest BCUT2D eigenvalue weighted by atomic mass is 79.9. The van der Waals surface area contributed by atoms with Crippen LogP contribution in [0.3, 0.4) is 0 Å². The molecule has 4 aromatic rings. The summed E-state index contributed by atoms with van der Waals surface area (Å²) in [7, 11) is 0. The zero-order chi connectivity index (χ0) is 20.9. The van der Waals surface area contributed by atoms with Gasteiger partial charge in [-0.25, -0.2) is 4.98 Å². The standard InChI is InChI=1S/C22H15BrN6O/c1-25-18-13-17(11-12-26-18)30-16-9-7-15(8-10-16)27-21-19(23)20(28-22(24)29-21)14-5-3-2-4-6-14/h2-13H,(H3,24,27,28,29). The van der Waals surface area contributed by atoms with Gasteiger partial charge in [0.2, 0.25) is 5.95 Å². The highest BCUT2D eigenvalue weighted by Crippen LogP contribution is 2.34. The molecule has 2 aromatic carbocycles. The van der Waals surface area contributed by atoms with Crippen LogP contribution in [0.1, 0.15) is 0 Å². The third-order valence-corrected chi connectivity index (χ3v) is 4.85. The number of nitrogens with zero attached hydrogens (tertiary/aromatic N) is 4. The van der Waals surface area contributed by atoms with E-state index in [-0.39, 0.29) is 11.8 Å². The van der Waals surface area contributed by atoms with Crippen molar-refractivity contribution in [1.82, 2.24) is 15.0 Å². The van der Waals surface area contributed by atoms with Crippen molar-refractivity contribution in [2.45, 2.75) is 0 Å². The van der Waals surface area contributed by atoms with Crippen LogP contribution >= 0.6 is 15.9 Å². The Morgan fingerprint density at radius 1 is 0.967 bits per heavy atom. The average molecular weight is 459 g/mol. The summed E-state index contributed by atoms with van der Waals surface area (Å²) in [5.41, 5.74) is 8.37. The molecule has 0 amide bonds. The number of hydrogen-bond acceptors (Lipinski definition) is 6. The lowest BCUT2D eigenvalue weighted by Gasteiger charge is -2.12. The van der Waals surface area contributed by atoms with Crippen LogP contribution in [-0.4, -0.2) is 15.0 Å². The van der Waals surface area contributed by atoms with Crippen molar-refractivity contribution in [3.05, 3.63) is 88.8 Å². The van der Waals surface area contributed by atoms with E-state index < -0.39 is 0 Å². The number of ether oxygens (including phenoxy) is 1. The Bertz CT molecular complexity index is 1220. The molecule has 146 valence electrons. The molecule has 0 aliphatic heterocycles. The molecule has 0 radical (unpaired) electrons. The van der Waals surface area contributed by atoms with Gasteiger partial charge < -0.3 is 20.6 Å². The van der Waals surface area contributed by atoms with E-state index in [1.165, 1.54) is 0 Å². The molecular formula is C22H15BrN6O. The molecule has 8 heteroatoms. The van der Waals surface area contributed by atoms with Crippen molar-refractivity contribution in [2.75, 3.05) is 11.1 Å². The number of anilines is 3. The Hall–Kier alpha value is -3.96. The lowest BCUT2D eigenvalue weighted by Crippen LogP contribution is -2.03. The molecule has 4 rings (SSSR count). The summed E-state index contributed by atoms with van der Waals surface area (Å²) in [6.45, 7) is 7.03. The maximum Gasteiger partial charge on any atom is 0.273 e. The van der Waals surface area contributed by atoms with Crippen molar-refractivity contribution >= 4 is 39.2 Å². The van der Waals surface area contributed by atoms with Crippen LogP contribution in [0.15, 0.2) is 77.4 Å². The maximum absolute atomic E-state index is 7.03. The third kappa shape index (κ3) is 4.37. The number of nitrogens with two attached hydrogens (primary N) is 1. The molecule has 2 aromatic heterocycles. The van der Waals surface area contributed by atoms with Crippen LogP contribution in [0, 0.1) is 6.57 Å². The number of hydrogen-bond donors (Lipinski definition) is 2. The summed E-state index contributed by atoms with van der Waals surface area (Å²) in [4.78, 5) is 15.9. The molecule has 30 heavy (non-hydrogen) atoms. The van der Waals surface area contributed by atoms with Gasteiger partial charge in [0.1, 0.15) is 17.7 Å². The minimum absolute atomic E-state index is 0.174. The van der Waals surface area contributed by atoms with Gasteiger partial charge in [-0.05, 0) is 40.2 Å². The largest absolute Gasteiger partial charge is 0.458 e. The molecule has 0 fully saturated rings. The van der Waals surface area contributed by atoms with Crippen molar-refractivity contribution in [3.8, 4) is 22.8 Å². The minimum atomic E-state index is 0.174. The van der Waals surface area contributed by atoms with Gasteiger partial charge in [0, 0.05) is 23.4 Å². The predicted octanol–water partition coefficient (Wildman–Crippen LogP) is 5.97. The van der Waals surface area contributed by atoms with Gasteiger partial charge in [0.25, 0.3) is 5.82 Å². The molecule has 3 N–H and O–H groups in total. The predicted molar refractivity (Wildman–Crippen MR) is 120 cm³/mol. The fourth-order valence-corrected chi connectivity index (χ4v) is 3.24. The van der Waals surface area contributed by atoms with Gasteiger partial charge in [-0.1, -0.05) is 36.9 Å². The SMILES string of the molecule is [C-]#[N+]c1cc(Oc2ccc(Nc3nc(N)nc(-c4ccccc4)c3Br)cc2)ccn1. The summed E-state index contributed by atoms with van der Waals surface area (Å²) in [6.07, 6.45) is 1.54. The lowest BCUT2D eigenvalue weighted by molar-refractivity contribution is 0.482. The second-order valence-electron chi connectivity index (χ2n) is 6.17.